The van der Waals surface area contributed by atoms with E-state index in [4.69, 9.17) is 0 Å². The van der Waals surface area contributed by atoms with Crippen LogP contribution in [0.4, 0.5) is 21.9 Å². The van der Waals surface area contributed by atoms with Gasteiger partial charge < -0.3 is 26.0 Å². The van der Waals surface area contributed by atoms with Crippen LogP contribution >= 0.6 is 0 Å². The summed E-state index contributed by atoms with van der Waals surface area (Å²) in [5, 5.41) is 17.7. The zero-order chi connectivity index (χ0) is 31.3. The average molecular weight is 593 g/mol. The van der Waals surface area contributed by atoms with Crippen molar-refractivity contribution in [2.75, 3.05) is 22.5 Å². The van der Waals surface area contributed by atoms with Crippen molar-refractivity contribution in [1.82, 2.24) is 4.90 Å². The van der Waals surface area contributed by atoms with E-state index in [-0.39, 0.29) is 50.2 Å². The molecule has 0 heterocycles. The van der Waals surface area contributed by atoms with Gasteiger partial charge in [0.25, 0.3) is 0 Å². The number of aryl methyl sites for hydroxylation is 2. The Morgan fingerprint density at radius 1 is 0.682 bits per heavy atom. The maximum Gasteiger partial charge on any atom is 0.323 e. The van der Waals surface area contributed by atoms with Crippen LogP contribution in [0.25, 0.3) is 0 Å². The summed E-state index contributed by atoms with van der Waals surface area (Å²) in [5.41, 5.74) is 5.45. The van der Waals surface area contributed by atoms with E-state index in [0.29, 0.717) is 17.8 Å². The summed E-state index contributed by atoms with van der Waals surface area (Å²) in [4.78, 5) is 50.9. The second-order valence-corrected chi connectivity index (χ2v) is 10.5. The van der Waals surface area contributed by atoms with Crippen LogP contribution in [0.3, 0.4) is 0 Å². The zero-order valence-corrected chi connectivity index (χ0v) is 24.6. The summed E-state index contributed by atoms with van der Waals surface area (Å²) in [6.07, 6.45) is 0.810. The monoisotopic (exact) mass is 592 g/mol. The molecule has 0 aromatic heterocycles. The molecule has 0 radical (unpaired) electrons. The van der Waals surface area contributed by atoms with Crippen molar-refractivity contribution < 1.29 is 24.3 Å². The third-order valence-electron chi connectivity index (χ3n) is 6.97. The number of hydrogen-bond donors (Lipinski definition) is 4. The number of benzene rings is 4. The van der Waals surface area contributed by atoms with Crippen molar-refractivity contribution in [3.05, 3.63) is 125 Å². The lowest BCUT2D eigenvalue weighted by atomic mass is 10.1. The third-order valence-corrected chi connectivity index (χ3v) is 6.97. The van der Waals surface area contributed by atoms with Crippen molar-refractivity contribution in [2.24, 2.45) is 0 Å². The first-order chi connectivity index (χ1) is 21.2. The molecule has 9 heteroatoms. The van der Waals surface area contributed by atoms with Gasteiger partial charge in [-0.25, -0.2) is 4.79 Å². The number of nitrogens with zero attached hydrogens (tertiary/aromatic N) is 1. The molecular formula is C35H36N4O5. The number of carboxylic acid groups (broad SMARTS) is 1. The maximum absolute atomic E-state index is 13.0. The van der Waals surface area contributed by atoms with Crippen LogP contribution in [0.1, 0.15) is 35.1 Å². The predicted octanol–water partition coefficient (Wildman–Crippen LogP) is 6.26. The molecule has 0 spiro atoms. The molecule has 0 fully saturated rings. The molecule has 0 aliphatic carbocycles. The lowest BCUT2D eigenvalue weighted by molar-refractivity contribution is -0.138. The Labute approximate surface area is 256 Å². The van der Waals surface area contributed by atoms with Gasteiger partial charge in [0.05, 0.1) is 12.8 Å². The molecule has 4 N–H and O–H groups in total. The van der Waals surface area contributed by atoms with Gasteiger partial charge in [-0.1, -0.05) is 72.8 Å². The lowest BCUT2D eigenvalue weighted by Crippen LogP contribution is -2.32. The number of hydrogen-bond acceptors (Lipinski definition) is 4. The summed E-state index contributed by atoms with van der Waals surface area (Å²) >= 11 is 0. The summed E-state index contributed by atoms with van der Waals surface area (Å²) in [6, 6.07) is 31.0. The standard InChI is InChI=1S/C35H36N4O5/c1-25-8-5-6-13-31(25)38-35(44)37-29-17-14-27(15-18-29)23-32(40)36-30-12-7-11-28(22-30)24-39(21-20-34(42)43)33(41)19-16-26-9-3-2-4-10-26/h2-15,17-18,22H,16,19-21,23-24H2,1H3,(H,36,40)(H,42,43)(H2,37,38,44). The van der Waals surface area contributed by atoms with Crippen LogP contribution in [0.15, 0.2) is 103 Å². The molecule has 0 aliphatic rings. The fraction of sp³-hybridized carbons (Fsp3) is 0.200. The van der Waals surface area contributed by atoms with Crippen LogP contribution in [-0.2, 0) is 33.8 Å². The maximum atomic E-state index is 13.0. The molecule has 4 aromatic rings. The molecule has 0 saturated heterocycles. The van der Waals surface area contributed by atoms with E-state index in [1.807, 2.05) is 67.6 Å². The topological polar surface area (TPSA) is 128 Å². The fourth-order valence-corrected chi connectivity index (χ4v) is 4.64. The first-order valence-electron chi connectivity index (χ1n) is 14.4. The minimum atomic E-state index is -0.971. The number of aliphatic carboxylic acids is 1. The smallest absolute Gasteiger partial charge is 0.323 e. The van der Waals surface area contributed by atoms with Gasteiger partial charge >= 0.3 is 12.0 Å². The van der Waals surface area contributed by atoms with E-state index >= 15 is 0 Å². The number of carbonyl (C=O) groups excluding carboxylic acids is 3. The zero-order valence-electron chi connectivity index (χ0n) is 24.6. The van der Waals surface area contributed by atoms with Crippen molar-refractivity contribution in [3.8, 4) is 0 Å². The Morgan fingerprint density at radius 3 is 2.11 bits per heavy atom. The SMILES string of the molecule is Cc1ccccc1NC(=O)Nc1ccc(CC(=O)Nc2cccc(CN(CCC(=O)O)C(=O)CCc3ccccc3)c2)cc1. The van der Waals surface area contributed by atoms with Gasteiger partial charge in [-0.15, -0.1) is 0 Å². The number of urea groups is 1. The highest BCUT2D eigenvalue weighted by atomic mass is 16.4. The van der Waals surface area contributed by atoms with Crippen molar-refractivity contribution in [1.29, 1.82) is 0 Å². The Bertz CT molecular complexity index is 1590. The van der Waals surface area contributed by atoms with Gasteiger partial charge in [0.1, 0.15) is 0 Å². The number of carbonyl (C=O) groups is 4. The van der Waals surface area contributed by atoms with Crippen molar-refractivity contribution >= 4 is 40.9 Å². The minimum Gasteiger partial charge on any atom is -0.481 e. The van der Waals surface area contributed by atoms with Crippen LogP contribution in [-0.4, -0.2) is 40.4 Å². The number of para-hydroxylation sites is 1. The molecule has 0 atom stereocenters. The van der Waals surface area contributed by atoms with E-state index in [9.17, 15) is 24.3 Å². The highest BCUT2D eigenvalue weighted by Crippen LogP contribution is 2.17. The Morgan fingerprint density at radius 2 is 1.39 bits per heavy atom. The second-order valence-electron chi connectivity index (χ2n) is 10.5. The molecule has 4 aromatic carbocycles. The third kappa shape index (κ3) is 10.1. The first kappa shape index (κ1) is 31.5. The van der Waals surface area contributed by atoms with Crippen LogP contribution < -0.4 is 16.0 Å². The fourth-order valence-electron chi connectivity index (χ4n) is 4.64. The number of amides is 4. The van der Waals surface area contributed by atoms with Gasteiger partial charge in [0, 0.05) is 36.6 Å². The van der Waals surface area contributed by atoms with Gasteiger partial charge in [-0.2, -0.15) is 0 Å². The normalized spacial score (nSPS) is 10.5. The lowest BCUT2D eigenvalue weighted by Gasteiger charge is -2.23. The van der Waals surface area contributed by atoms with E-state index in [1.165, 1.54) is 0 Å². The van der Waals surface area contributed by atoms with Crippen LogP contribution in [0, 0.1) is 6.92 Å². The Balaban J connectivity index is 1.30. The van der Waals surface area contributed by atoms with E-state index in [2.05, 4.69) is 16.0 Å². The molecule has 226 valence electrons. The van der Waals surface area contributed by atoms with Crippen molar-refractivity contribution in [2.45, 2.75) is 39.2 Å². The molecule has 44 heavy (non-hydrogen) atoms. The summed E-state index contributed by atoms with van der Waals surface area (Å²) in [7, 11) is 0. The highest BCUT2D eigenvalue weighted by molar-refractivity contribution is 6.00. The van der Waals surface area contributed by atoms with E-state index in [0.717, 1.165) is 27.9 Å². The molecule has 9 nitrogen and oxygen atoms in total. The molecule has 4 amide bonds. The van der Waals surface area contributed by atoms with Crippen LogP contribution in [0.2, 0.25) is 0 Å². The number of rotatable bonds is 13. The molecule has 0 aliphatic heterocycles. The minimum absolute atomic E-state index is 0.0952. The quantitative estimate of drug-likeness (QED) is 0.146. The molecule has 0 unspecified atom stereocenters. The number of carboxylic acids is 1. The molecule has 0 bridgehead atoms. The number of nitrogens with one attached hydrogen (secondary N) is 3. The Kier molecular flexibility index (Phi) is 11.2. The number of anilines is 3. The summed E-state index contributed by atoms with van der Waals surface area (Å²) in [5.74, 6) is -1.32. The van der Waals surface area contributed by atoms with Crippen LogP contribution in [0.5, 0.6) is 0 Å². The predicted molar refractivity (Wildman–Crippen MR) is 171 cm³/mol. The van der Waals surface area contributed by atoms with Gasteiger partial charge in [0.2, 0.25) is 11.8 Å². The Hall–Kier alpha value is -5.44. The second kappa shape index (κ2) is 15.7. The average Bonchev–Trinajstić information content (AvgIpc) is 3.00. The largest absolute Gasteiger partial charge is 0.481 e. The summed E-state index contributed by atoms with van der Waals surface area (Å²) in [6.45, 7) is 2.24. The molecule has 4 rings (SSSR count). The molecular weight excluding hydrogens is 556 g/mol. The van der Waals surface area contributed by atoms with E-state index in [1.54, 1.807) is 47.4 Å². The van der Waals surface area contributed by atoms with Crippen molar-refractivity contribution in [3.63, 3.8) is 0 Å². The van der Waals surface area contributed by atoms with Gasteiger partial charge in [0.15, 0.2) is 0 Å². The van der Waals surface area contributed by atoms with Gasteiger partial charge in [-0.05, 0) is 65.9 Å². The first-order valence-corrected chi connectivity index (χ1v) is 14.4. The van der Waals surface area contributed by atoms with Gasteiger partial charge in [-0.3, -0.25) is 14.4 Å². The molecule has 0 saturated carbocycles. The highest BCUT2D eigenvalue weighted by Gasteiger charge is 2.16. The van der Waals surface area contributed by atoms with E-state index < -0.39 is 5.97 Å². The summed E-state index contributed by atoms with van der Waals surface area (Å²) < 4.78 is 0.